The Morgan fingerprint density at radius 1 is 1.35 bits per heavy atom. The number of alkyl halides is 3. The Kier molecular flexibility index (Phi) is 6.35. The van der Waals surface area contributed by atoms with E-state index in [9.17, 15) is 18.0 Å². The highest BCUT2D eigenvalue weighted by atomic mass is 32.2. The first-order chi connectivity index (χ1) is 9.34. The molecule has 0 radical (unpaired) electrons. The predicted octanol–water partition coefficient (Wildman–Crippen LogP) is 3.00. The van der Waals surface area contributed by atoms with E-state index in [0.717, 1.165) is 12.1 Å². The minimum Gasteiger partial charge on any atom is -0.465 e. The molecule has 0 amide bonds. The Hall–Kier alpha value is -1.21. The van der Waals surface area contributed by atoms with Gasteiger partial charge in [0.05, 0.1) is 17.9 Å². The molecular formula is C13H16F3NO2S. The molecule has 3 nitrogen and oxygen atoms in total. The lowest BCUT2D eigenvalue weighted by Crippen LogP contribution is -2.15. The third kappa shape index (κ3) is 5.42. The lowest BCUT2D eigenvalue weighted by atomic mass is 10.1. The molecule has 1 atom stereocenters. The predicted molar refractivity (Wildman–Crippen MR) is 72.3 cm³/mol. The van der Waals surface area contributed by atoms with Gasteiger partial charge in [0.1, 0.15) is 0 Å². The SMILES string of the molecule is CCOC(=O)CSCC(N)c1ccc(C(F)(F)F)cc1. The molecule has 0 bridgehead atoms. The minimum absolute atomic E-state index is 0.183. The van der Waals surface area contributed by atoms with Gasteiger partial charge < -0.3 is 10.5 Å². The van der Waals surface area contributed by atoms with E-state index in [4.69, 9.17) is 10.5 Å². The maximum atomic E-state index is 12.4. The lowest BCUT2D eigenvalue weighted by molar-refractivity contribution is -0.140. The van der Waals surface area contributed by atoms with Crippen LogP contribution in [0, 0.1) is 0 Å². The van der Waals surface area contributed by atoms with E-state index in [-0.39, 0.29) is 11.7 Å². The molecule has 0 saturated heterocycles. The summed E-state index contributed by atoms with van der Waals surface area (Å²) in [4.78, 5) is 11.1. The van der Waals surface area contributed by atoms with E-state index in [1.165, 1.54) is 23.9 Å². The molecule has 0 aliphatic rings. The number of carbonyl (C=O) groups is 1. The quantitative estimate of drug-likeness (QED) is 0.821. The second kappa shape index (κ2) is 7.54. The smallest absolute Gasteiger partial charge is 0.416 e. The van der Waals surface area contributed by atoms with E-state index in [0.29, 0.717) is 17.9 Å². The van der Waals surface area contributed by atoms with Crippen LogP contribution in [0.2, 0.25) is 0 Å². The molecule has 1 unspecified atom stereocenters. The molecule has 1 aromatic carbocycles. The van der Waals surface area contributed by atoms with Crippen LogP contribution in [-0.4, -0.2) is 24.1 Å². The van der Waals surface area contributed by atoms with E-state index in [1.807, 2.05) is 0 Å². The number of thioether (sulfide) groups is 1. The normalized spacial score (nSPS) is 13.1. The van der Waals surface area contributed by atoms with Crippen LogP contribution < -0.4 is 5.73 Å². The first kappa shape index (κ1) is 16.8. The summed E-state index contributed by atoms with van der Waals surface area (Å²) in [5.74, 6) is 0.295. The van der Waals surface area contributed by atoms with Crippen molar-refractivity contribution in [2.45, 2.75) is 19.1 Å². The Bertz CT molecular complexity index is 434. The van der Waals surface area contributed by atoms with Gasteiger partial charge in [0.15, 0.2) is 0 Å². The minimum atomic E-state index is -4.35. The maximum Gasteiger partial charge on any atom is 0.416 e. The number of hydrogen-bond donors (Lipinski definition) is 1. The maximum absolute atomic E-state index is 12.4. The van der Waals surface area contributed by atoms with Crippen LogP contribution in [0.3, 0.4) is 0 Å². The largest absolute Gasteiger partial charge is 0.465 e. The Balaban J connectivity index is 2.48. The fraction of sp³-hybridized carbons (Fsp3) is 0.462. The van der Waals surface area contributed by atoms with E-state index < -0.39 is 17.8 Å². The van der Waals surface area contributed by atoms with Gasteiger partial charge in [0, 0.05) is 11.8 Å². The first-order valence-corrected chi connectivity index (χ1v) is 7.16. The number of halogens is 3. The highest BCUT2D eigenvalue weighted by Gasteiger charge is 2.30. The van der Waals surface area contributed by atoms with Crippen LogP contribution in [0.4, 0.5) is 13.2 Å². The average Bonchev–Trinajstić information content (AvgIpc) is 2.38. The number of benzene rings is 1. The van der Waals surface area contributed by atoms with Crippen molar-refractivity contribution in [1.29, 1.82) is 0 Å². The molecule has 0 aliphatic carbocycles. The number of rotatable bonds is 6. The van der Waals surface area contributed by atoms with Crippen molar-refractivity contribution in [2.75, 3.05) is 18.1 Å². The van der Waals surface area contributed by atoms with Crippen molar-refractivity contribution < 1.29 is 22.7 Å². The number of nitrogens with two attached hydrogens (primary N) is 1. The summed E-state index contributed by atoms with van der Waals surface area (Å²) in [6, 6.07) is 4.31. The molecule has 0 spiro atoms. The molecule has 1 rings (SSSR count). The average molecular weight is 307 g/mol. The summed E-state index contributed by atoms with van der Waals surface area (Å²) in [5.41, 5.74) is 5.76. The van der Waals surface area contributed by atoms with Crippen LogP contribution >= 0.6 is 11.8 Å². The molecule has 0 fully saturated rings. The molecule has 1 aromatic rings. The van der Waals surface area contributed by atoms with Crippen molar-refractivity contribution in [2.24, 2.45) is 5.73 Å². The van der Waals surface area contributed by atoms with Crippen LogP contribution in [0.15, 0.2) is 24.3 Å². The number of carbonyl (C=O) groups excluding carboxylic acids is 1. The van der Waals surface area contributed by atoms with Crippen molar-refractivity contribution in [3.8, 4) is 0 Å². The van der Waals surface area contributed by atoms with Crippen molar-refractivity contribution >= 4 is 17.7 Å². The van der Waals surface area contributed by atoms with Gasteiger partial charge in [-0.2, -0.15) is 13.2 Å². The number of ether oxygens (including phenoxy) is 1. The molecule has 20 heavy (non-hydrogen) atoms. The Morgan fingerprint density at radius 3 is 2.45 bits per heavy atom. The van der Waals surface area contributed by atoms with Crippen LogP contribution in [-0.2, 0) is 15.7 Å². The standard InChI is InChI=1S/C13H16F3NO2S/c1-2-19-12(18)8-20-7-11(17)9-3-5-10(6-4-9)13(14,15)16/h3-6,11H,2,7-8,17H2,1H3. The summed E-state index contributed by atoms with van der Waals surface area (Å²) < 4.78 is 42.0. The van der Waals surface area contributed by atoms with Gasteiger partial charge in [0.2, 0.25) is 0 Å². The van der Waals surface area contributed by atoms with Crippen molar-refractivity contribution in [3.63, 3.8) is 0 Å². The van der Waals surface area contributed by atoms with Crippen LogP contribution in [0.1, 0.15) is 24.1 Å². The monoisotopic (exact) mass is 307 g/mol. The fourth-order valence-electron chi connectivity index (χ4n) is 1.49. The fourth-order valence-corrected chi connectivity index (χ4v) is 2.30. The topological polar surface area (TPSA) is 52.3 Å². The van der Waals surface area contributed by atoms with Gasteiger partial charge in [-0.05, 0) is 24.6 Å². The molecule has 7 heteroatoms. The van der Waals surface area contributed by atoms with Gasteiger partial charge in [-0.25, -0.2) is 0 Å². The molecule has 0 saturated carbocycles. The van der Waals surface area contributed by atoms with E-state index >= 15 is 0 Å². The van der Waals surface area contributed by atoms with Gasteiger partial charge in [0.25, 0.3) is 0 Å². The summed E-state index contributed by atoms with van der Waals surface area (Å²) >= 11 is 1.29. The zero-order valence-electron chi connectivity index (χ0n) is 10.9. The molecule has 0 aliphatic heterocycles. The number of esters is 1. The van der Waals surface area contributed by atoms with Crippen molar-refractivity contribution in [3.05, 3.63) is 35.4 Å². The summed E-state index contributed by atoms with van der Waals surface area (Å²) in [6.45, 7) is 2.04. The molecule has 2 N–H and O–H groups in total. The molecular weight excluding hydrogens is 291 g/mol. The lowest BCUT2D eigenvalue weighted by Gasteiger charge is -2.13. The highest BCUT2D eigenvalue weighted by Crippen LogP contribution is 2.30. The first-order valence-electron chi connectivity index (χ1n) is 6.00. The highest BCUT2D eigenvalue weighted by molar-refractivity contribution is 7.99. The Labute approximate surface area is 119 Å². The van der Waals surface area contributed by atoms with Gasteiger partial charge in [-0.1, -0.05) is 12.1 Å². The Morgan fingerprint density at radius 2 is 1.95 bits per heavy atom. The van der Waals surface area contributed by atoms with Gasteiger partial charge in [-0.3, -0.25) is 4.79 Å². The molecule has 112 valence electrons. The molecule has 0 aromatic heterocycles. The third-order valence-electron chi connectivity index (χ3n) is 2.49. The zero-order valence-corrected chi connectivity index (χ0v) is 11.8. The van der Waals surface area contributed by atoms with Crippen molar-refractivity contribution in [1.82, 2.24) is 0 Å². The van der Waals surface area contributed by atoms with E-state index in [1.54, 1.807) is 6.92 Å². The molecule has 0 heterocycles. The van der Waals surface area contributed by atoms with Crippen LogP contribution in [0.5, 0.6) is 0 Å². The van der Waals surface area contributed by atoms with Gasteiger partial charge in [-0.15, -0.1) is 11.8 Å². The summed E-state index contributed by atoms with van der Waals surface area (Å²) in [5, 5.41) is 0. The second-order valence-electron chi connectivity index (χ2n) is 4.05. The van der Waals surface area contributed by atoms with Crippen LogP contribution in [0.25, 0.3) is 0 Å². The second-order valence-corrected chi connectivity index (χ2v) is 5.08. The summed E-state index contributed by atoms with van der Waals surface area (Å²) in [6.07, 6.45) is -4.35. The van der Waals surface area contributed by atoms with E-state index in [2.05, 4.69) is 0 Å². The van der Waals surface area contributed by atoms with Gasteiger partial charge >= 0.3 is 12.1 Å². The number of hydrogen-bond acceptors (Lipinski definition) is 4. The summed E-state index contributed by atoms with van der Waals surface area (Å²) in [7, 11) is 0. The zero-order chi connectivity index (χ0) is 15.2. The third-order valence-corrected chi connectivity index (χ3v) is 3.52.